The summed E-state index contributed by atoms with van der Waals surface area (Å²) in [7, 11) is -3.52. The van der Waals surface area contributed by atoms with Crippen LogP contribution in [0.1, 0.15) is 44.0 Å². The molecule has 162 valence electrons. The van der Waals surface area contributed by atoms with Crippen molar-refractivity contribution >= 4 is 38.9 Å². The van der Waals surface area contributed by atoms with Crippen molar-refractivity contribution in [3.05, 3.63) is 46.7 Å². The monoisotopic (exact) mass is 449 g/mol. The number of carbonyl (C=O) groups is 2. The van der Waals surface area contributed by atoms with Crippen LogP contribution in [0.15, 0.2) is 46.7 Å². The highest BCUT2D eigenvalue weighted by Gasteiger charge is 2.28. The minimum Gasteiger partial charge on any atom is -0.348 e. The molecule has 0 spiro atoms. The SMILES string of the molecule is CC(=O)N[C@@H](CC(=O)Nc1ccc(S(=O)(=O)N2CCC(C)CC2)cc1)c1cccs1. The van der Waals surface area contributed by atoms with Gasteiger partial charge in [0.2, 0.25) is 21.8 Å². The standard InChI is InChI=1S/C21H27N3O4S2/c1-15-9-11-24(12-10-15)30(27,28)18-7-5-17(6-8-18)23-21(26)14-19(22-16(2)25)20-4-3-13-29-20/h3-8,13,15,19H,9-12,14H2,1-2H3,(H,22,25)(H,23,26)/t19-/m0/s1. The number of sulfonamides is 1. The lowest BCUT2D eigenvalue weighted by atomic mass is 10.0. The molecule has 9 heteroatoms. The smallest absolute Gasteiger partial charge is 0.243 e. The lowest BCUT2D eigenvalue weighted by Gasteiger charge is -2.29. The van der Waals surface area contributed by atoms with E-state index in [0.29, 0.717) is 24.7 Å². The van der Waals surface area contributed by atoms with E-state index in [1.54, 1.807) is 12.1 Å². The fraction of sp³-hybridized carbons (Fsp3) is 0.429. The van der Waals surface area contributed by atoms with Crippen molar-refractivity contribution in [2.75, 3.05) is 18.4 Å². The third kappa shape index (κ3) is 5.68. The van der Waals surface area contributed by atoms with Gasteiger partial charge in [-0.2, -0.15) is 4.31 Å². The Balaban J connectivity index is 1.63. The molecule has 0 bridgehead atoms. The fourth-order valence-electron chi connectivity index (χ4n) is 3.44. The van der Waals surface area contributed by atoms with Crippen molar-refractivity contribution in [2.45, 2.75) is 44.0 Å². The molecule has 0 saturated carbocycles. The van der Waals surface area contributed by atoms with Gasteiger partial charge in [0.05, 0.1) is 17.4 Å². The molecule has 0 radical (unpaired) electrons. The van der Waals surface area contributed by atoms with E-state index in [1.807, 2.05) is 17.5 Å². The van der Waals surface area contributed by atoms with E-state index < -0.39 is 16.1 Å². The first-order chi connectivity index (χ1) is 14.3. The van der Waals surface area contributed by atoms with Gasteiger partial charge in [-0.3, -0.25) is 9.59 Å². The lowest BCUT2D eigenvalue weighted by Crippen LogP contribution is -2.37. The van der Waals surface area contributed by atoms with Gasteiger partial charge in [0.15, 0.2) is 0 Å². The van der Waals surface area contributed by atoms with Gasteiger partial charge in [0, 0.05) is 30.6 Å². The van der Waals surface area contributed by atoms with E-state index >= 15 is 0 Å². The van der Waals surface area contributed by atoms with Crippen molar-refractivity contribution in [1.29, 1.82) is 0 Å². The molecule has 3 rings (SSSR count). The Morgan fingerprint density at radius 3 is 2.40 bits per heavy atom. The molecular weight excluding hydrogens is 422 g/mol. The minimum atomic E-state index is -3.52. The van der Waals surface area contributed by atoms with Crippen molar-refractivity contribution < 1.29 is 18.0 Å². The zero-order valence-electron chi connectivity index (χ0n) is 17.1. The number of amides is 2. The number of nitrogens with zero attached hydrogens (tertiary/aromatic N) is 1. The maximum absolute atomic E-state index is 12.8. The van der Waals surface area contributed by atoms with E-state index in [1.165, 1.54) is 34.7 Å². The van der Waals surface area contributed by atoms with Gasteiger partial charge in [-0.05, 0) is 54.5 Å². The summed E-state index contributed by atoms with van der Waals surface area (Å²) in [4.78, 5) is 25.1. The summed E-state index contributed by atoms with van der Waals surface area (Å²) in [6.07, 6.45) is 1.83. The summed E-state index contributed by atoms with van der Waals surface area (Å²) < 4.78 is 27.1. The topological polar surface area (TPSA) is 95.6 Å². The first-order valence-electron chi connectivity index (χ1n) is 9.96. The molecule has 0 aliphatic carbocycles. The van der Waals surface area contributed by atoms with Gasteiger partial charge in [0.25, 0.3) is 0 Å². The normalized spacial score (nSPS) is 16.7. The summed E-state index contributed by atoms with van der Waals surface area (Å²) >= 11 is 1.47. The first kappa shape index (κ1) is 22.5. The largest absolute Gasteiger partial charge is 0.348 e. The molecular formula is C21H27N3O4S2. The zero-order chi connectivity index (χ0) is 21.7. The summed E-state index contributed by atoms with van der Waals surface area (Å²) in [6.45, 7) is 4.63. The van der Waals surface area contributed by atoms with Crippen LogP contribution < -0.4 is 10.6 Å². The van der Waals surface area contributed by atoms with Crippen LogP contribution in [0.5, 0.6) is 0 Å². The van der Waals surface area contributed by atoms with Crippen LogP contribution in [0.25, 0.3) is 0 Å². The van der Waals surface area contributed by atoms with Crippen LogP contribution in [-0.2, 0) is 19.6 Å². The highest BCUT2D eigenvalue weighted by molar-refractivity contribution is 7.89. The van der Waals surface area contributed by atoms with Crippen LogP contribution in [-0.4, -0.2) is 37.6 Å². The molecule has 30 heavy (non-hydrogen) atoms. The van der Waals surface area contributed by atoms with Gasteiger partial charge in [-0.15, -0.1) is 11.3 Å². The number of hydrogen-bond donors (Lipinski definition) is 2. The molecule has 2 amide bonds. The van der Waals surface area contributed by atoms with Crippen LogP contribution in [0.2, 0.25) is 0 Å². The van der Waals surface area contributed by atoms with E-state index in [2.05, 4.69) is 17.6 Å². The van der Waals surface area contributed by atoms with Gasteiger partial charge in [0.1, 0.15) is 0 Å². The van der Waals surface area contributed by atoms with Crippen LogP contribution in [0, 0.1) is 5.92 Å². The Morgan fingerprint density at radius 1 is 1.17 bits per heavy atom. The molecule has 0 unspecified atom stereocenters. The average Bonchev–Trinajstić information content (AvgIpc) is 3.23. The number of nitrogens with one attached hydrogen (secondary N) is 2. The number of anilines is 1. The summed E-state index contributed by atoms with van der Waals surface area (Å²) in [6, 6.07) is 9.57. The molecule has 2 heterocycles. The molecule has 1 saturated heterocycles. The molecule has 2 aromatic rings. The molecule has 7 nitrogen and oxygen atoms in total. The third-order valence-corrected chi connectivity index (χ3v) is 8.07. The van der Waals surface area contributed by atoms with Crippen LogP contribution in [0.3, 0.4) is 0 Å². The minimum absolute atomic E-state index is 0.0894. The van der Waals surface area contributed by atoms with Crippen molar-refractivity contribution in [3.63, 3.8) is 0 Å². The Hall–Kier alpha value is -2.23. The van der Waals surface area contributed by atoms with Gasteiger partial charge in [-0.25, -0.2) is 8.42 Å². The first-order valence-corrected chi connectivity index (χ1v) is 12.3. The number of hydrogen-bond acceptors (Lipinski definition) is 5. The molecule has 2 N–H and O–H groups in total. The molecule has 1 fully saturated rings. The van der Waals surface area contributed by atoms with Crippen LogP contribution in [0.4, 0.5) is 5.69 Å². The Morgan fingerprint density at radius 2 is 1.83 bits per heavy atom. The summed E-state index contributed by atoms with van der Waals surface area (Å²) in [5, 5.41) is 7.46. The van der Waals surface area contributed by atoms with Gasteiger partial charge >= 0.3 is 0 Å². The van der Waals surface area contributed by atoms with Crippen LogP contribution >= 0.6 is 11.3 Å². The maximum Gasteiger partial charge on any atom is 0.243 e. The summed E-state index contributed by atoms with van der Waals surface area (Å²) in [5.74, 6) is 0.0789. The molecule has 1 aliphatic heterocycles. The number of rotatable bonds is 7. The molecule has 1 aromatic heterocycles. The maximum atomic E-state index is 12.8. The Bertz CT molecular complexity index is 964. The second kappa shape index (κ2) is 9.72. The Kier molecular flexibility index (Phi) is 7.27. The highest BCUT2D eigenvalue weighted by atomic mass is 32.2. The lowest BCUT2D eigenvalue weighted by molar-refractivity contribution is -0.120. The number of thiophene rings is 1. The van der Waals surface area contributed by atoms with Crippen molar-refractivity contribution in [1.82, 2.24) is 9.62 Å². The van der Waals surface area contributed by atoms with E-state index in [9.17, 15) is 18.0 Å². The molecule has 1 aliphatic rings. The van der Waals surface area contributed by atoms with Gasteiger partial charge in [-0.1, -0.05) is 13.0 Å². The number of benzene rings is 1. The van der Waals surface area contributed by atoms with Gasteiger partial charge < -0.3 is 10.6 Å². The number of piperidine rings is 1. The van der Waals surface area contributed by atoms with E-state index in [0.717, 1.165) is 17.7 Å². The Labute approximate surface area is 181 Å². The average molecular weight is 450 g/mol. The van der Waals surface area contributed by atoms with Crippen molar-refractivity contribution in [3.8, 4) is 0 Å². The summed E-state index contributed by atoms with van der Waals surface area (Å²) in [5.41, 5.74) is 0.513. The second-order valence-corrected chi connectivity index (χ2v) is 10.5. The predicted octanol–water partition coefficient (Wildman–Crippen LogP) is 3.37. The second-order valence-electron chi connectivity index (χ2n) is 7.63. The van der Waals surface area contributed by atoms with E-state index in [-0.39, 0.29) is 23.1 Å². The molecule has 1 atom stereocenters. The predicted molar refractivity (Wildman–Crippen MR) is 118 cm³/mol. The zero-order valence-corrected chi connectivity index (χ0v) is 18.8. The molecule has 1 aromatic carbocycles. The quantitative estimate of drug-likeness (QED) is 0.677. The van der Waals surface area contributed by atoms with E-state index in [4.69, 9.17) is 0 Å². The third-order valence-electron chi connectivity index (χ3n) is 5.17. The number of carbonyl (C=O) groups excluding carboxylic acids is 2. The fourth-order valence-corrected chi connectivity index (χ4v) is 5.69. The highest BCUT2D eigenvalue weighted by Crippen LogP contribution is 2.25. The van der Waals surface area contributed by atoms with Crippen molar-refractivity contribution in [2.24, 2.45) is 5.92 Å².